The highest BCUT2D eigenvalue weighted by atomic mass is 32.2. The van der Waals surface area contributed by atoms with Gasteiger partial charge in [-0.15, -0.1) is 11.8 Å². The Bertz CT molecular complexity index is 803. The first kappa shape index (κ1) is 19.2. The highest BCUT2D eigenvalue weighted by Gasteiger charge is 2.27. The van der Waals surface area contributed by atoms with Crippen LogP contribution in [0.15, 0.2) is 65.6 Å². The molecule has 0 radical (unpaired) electrons. The van der Waals surface area contributed by atoms with Gasteiger partial charge in [-0.25, -0.2) is 0 Å². The second-order valence-corrected chi connectivity index (χ2v) is 7.46. The van der Waals surface area contributed by atoms with Crippen LogP contribution in [0.25, 0.3) is 6.08 Å². The first-order chi connectivity index (χ1) is 13.2. The number of piperidine rings is 1. The van der Waals surface area contributed by atoms with Gasteiger partial charge in [0.25, 0.3) is 0 Å². The van der Waals surface area contributed by atoms with E-state index in [0.29, 0.717) is 13.1 Å². The predicted molar refractivity (Wildman–Crippen MR) is 112 cm³/mol. The molecule has 0 saturated carbocycles. The zero-order valence-electron chi connectivity index (χ0n) is 15.4. The van der Waals surface area contributed by atoms with E-state index in [1.54, 1.807) is 22.7 Å². The van der Waals surface area contributed by atoms with Crippen LogP contribution in [0.1, 0.15) is 18.4 Å². The standard InChI is InChI=1S/C22H24N2O2S/c1-27-20-12-9-17(10-13-20)11-14-21(25)24-15-5-6-18(16-24)22(26)23-19-7-3-2-4-8-19/h2-4,7-14,18H,5-6,15-16H2,1H3,(H,23,26)/b14-11+. The summed E-state index contributed by atoms with van der Waals surface area (Å²) in [6, 6.07) is 17.5. The Hall–Kier alpha value is -2.53. The van der Waals surface area contributed by atoms with Crippen molar-refractivity contribution in [2.24, 2.45) is 5.92 Å². The van der Waals surface area contributed by atoms with Crippen molar-refractivity contribution < 1.29 is 9.59 Å². The highest BCUT2D eigenvalue weighted by molar-refractivity contribution is 7.98. The molecule has 1 atom stereocenters. The molecule has 0 aliphatic carbocycles. The summed E-state index contributed by atoms with van der Waals surface area (Å²) in [5.74, 6) is -0.228. The second-order valence-electron chi connectivity index (χ2n) is 6.59. The number of carbonyl (C=O) groups is 2. The van der Waals surface area contributed by atoms with Gasteiger partial charge in [0.1, 0.15) is 0 Å². The van der Waals surface area contributed by atoms with Gasteiger partial charge in [-0.1, -0.05) is 30.3 Å². The van der Waals surface area contributed by atoms with E-state index in [1.807, 2.05) is 66.9 Å². The topological polar surface area (TPSA) is 49.4 Å². The molecular formula is C22H24N2O2S. The first-order valence-electron chi connectivity index (χ1n) is 9.12. The SMILES string of the molecule is CSc1ccc(/C=C/C(=O)N2CCCC(C(=O)Nc3ccccc3)C2)cc1. The fraction of sp³-hybridized carbons (Fsp3) is 0.273. The largest absolute Gasteiger partial charge is 0.338 e. The number of hydrogen-bond donors (Lipinski definition) is 1. The van der Waals surface area contributed by atoms with Crippen molar-refractivity contribution in [2.75, 3.05) is 24.7 Å². The predicted octanol–water partition coefficient (Wildman–Crippen LogP) is 4.30. The van der Waals surface area contributed by atoms with Gasteiger partial charge in [-0.05, 0) is 55.0 Å². The Balaban J connectivity index is 1.57. The van der Waals surface area contributed by atoms with Gasteiger partial charge in [0.2, 0.25) is 11.8 Å². The molecule has 1 saturated heterocycles. The molecule has 0 spiro atoms. The van der Waals surface area contributed by atoms with Gasteiger partial charge in [0.15, 0.2) is 0 Å². The minimum absolute atomic E-state index is 0.0182. The lowest BCUT2D eigenvalue weighted by molar-refractivity contribution is -0.130. The van der Waals surface area contributed by atoms with E-state index < -0.39 is 0 Å². The van der Waals surface area contributed by atoms with Gasteiger partial charge in [0.05, 0.1) is 5.92 Å². The third-order valence-corrected chi connectivity index (χ3v) is 5.42. The van der Waals surface area contributed by atoms with Crippen LogP contribution in [0.5, 0.6) is 0 Å². The van der Waals surface area contributed by atoms with E-state index in [0.717, 1.165) is 24.1 Å². The molecular weight excluding hydrogens is 356 g/mol. The molecule has 4 nitrogen and oxygen atoms in total. The fourth-order valence-electron chi connectivity index (χ4n) is 3.15. The summed E-state index contributed by atoms with van der Waals surface area (Å²) in [4.78, 5) is 28.0. The second kappa shape index (κ2) is 9.42. The van der Waals surface area contributed by atoms with Crippen molar-refractivity contribution in [2.45, 2.75) is 17.7 Å². The molecule has 1 unspecified atom stereocenters. The molecule has 2 aromatic rings. The molecule has 1 aliphatic heterocycles. The molecule has 0 aromatic heterocycles. The number of thioether (sulfide) groups is 1. The third-order valence-electron chi connectivity index (χ3n) is 4.68. The summed E-state index contributed by atoms with van der Waals surface area (Å²) >= 11 is 1.69. The number of amides is 2. The van der Waals surface area contributed by atoms with Gasteiger partial charge in [0, 0.05) is 29.7 Å². The Morgan fingerprint density at radius 1 is 1.11 bits per heavy atom. The van der Waals surface area contributed by atoms with Gasteiger partial charge >= 0.3 is 0 Å². The molecule has 5 heteroatoms. The molecule has 1 N–H and O–H groups in total. The number of nitrogens with zero attached hydrogens (tertiary/aromatic N) is 1. The minimum atomic E-state index is -0.169. The summed E-state index contributed by atoms with van der Waals surface area (Å²) in [5, 5.41) is 2.94. The average molecular weight is 381 g/mol. The Morgan fingerprint density at radius 3 is 2.56 bits per heavy atom. The number of para-hydroxylation sites is 1. The van der Waals surface area contributed by atoms with E-state index in [9.17, 15) is 9.59 Å². The van der Waals surface area contributed by atoms with E-state index in [4.69, 9.17) is 0 Å². The molecule has 27 heavy (non-hydrogen) atoms. The molecule has 140 valence electrons. The Labute approximate surface area is 164 Å². The monoisotopic (exact) mass is 380 g/mol. The third kappa shape index (κ3) is 5.47. The lowest BCUT2D eigenvalue weighted by atomic mass is 9.97. The maximum absolute atomic E-state index is 12.5. The van der Waals surface area contributed by atoms with Crippen LogP contribution in [-0.2, 0) is 9.59 Å². The smallest absolute Gasteiger partial charge is 0.246 e. The van der Waals surface area contributed by atoms with E-state index in [2.05, 4.69) is 5.32 Å². The van der Waals surface area contributed by atoms with Crippen LogP contribution in [0.3, 0.4) is 0 Å². The molecule has 3 rings (SSSR count). The molecule has 2 aromatic carbocycles. The van der Waals surface area contributed by atoms with Crippen LogP contribution in [0, 0.1) is 5.92 Å². The van der Waals surface area contributed by atoms with Crippen molar-refractivity contribution in [1.29, 1.82) is 0 Å². The van der Waals surface area contributed by atoms with Crippen LogP contribution in [0.2, 0.25) is 0 Å². The average Bonchev–Trinajstić information content (AvgIpc) is 2.73. The first-order valence-corrected chi connectivity index (χ1v) is 10.3. The summed E-state index contributed by atoms with van der Waals surface area (Å²) in [5.41, 5.74) is 1.79. The van der Waals surface area contributed by atoms with E-state index in [1.165, 1.54) is 4.90 Å². The van der Waals surface area contributed by atoms with Gasteiger partial charge < -0.3 is 10.2 Å². The fourth-order valence-corrected chi connectivity index (χ4v) is 3.55. The van der Waals surface area contributed by atoms with Crippen LogP contribution in [0.4, 0.5) is 5.69 Å². The molecule has 1 fully saturated rings. The number of carbonyl (C=O) groups excluding carboxylic acids is 2. The van der Waals surface area contributed by atoms with E-state index >= 15 is 0 Å². The van der Waals surface area contributed by atoms with Crippen molar-refractivity contribution in [1.82, 2.24) is 4.90 Å². The minimum Gasteiger partial charge on any atom is -0.338 e. The Kier molecular flexibility index (Phi) is 6.71. The van der Waals surface area contributed by atoms with Crippen LogP contribution >= 0.6 is 11.8 Å². The molecule has 1 aliphatic rings. The number of nitrogens with one attached hydrogen (secondary N) is 1. The number of hydrogen-bond acceptors (Lipinski definition) is 3. The van der Waals surface area contributed by atoms with Crippen molar-refractivity contribution in [3.05, 3.63) is 66.2 Å². The van der Waals surface area contributed by atoms with Gasteiger partial charge in [-0.2, -0.15) is 0 Å². The number of benzene rings is 2. The zero-order valence-corrected chi connectivity index (χ0v) is 16.2. The zero-order chi connectivity index (χ0) is 19.1. The highest BCUT2D eigenvalue weighted by Crippen LogP contribution is 2.20. The summed E-state index contributed by atoms with van der Waals surface area (Å²) in [7, 11) is 0. The maximum Gasteiger partial charge on any atom is 0.246 e. The molecule has 0 bridgehead atoms. The van der Waals surface area contributed by atoms with Crippen molar-refractivity contribution in [3.63, 3.8) is 0 Å². The number of anilines is 1. The molecule has 2 amide bonds. The van der Waals surface area contributed by atoms with Gasteiger partial charge in [-0.3, -0.25) is 9.59 Å². The van der Waals surface area contributed by atoms with E-state index in [-0.39, 0.29) is 17.7 Å². The lowest BCUT2D eigenvalue weighted by Crippen LogP contribution is -2.43. The number of likely N-dealkylation sites (tertiary alicyclic amines) is 1. The quantitative estimate of drug-likeness (QED) is 0.621. The summed E-state index contributed by atoms with van der Waals surface area (Å²) in [6.07, 6.45) is 7.12. The lowest BCUT2D eigenvalue weighted by Gasteiger charge is -2.31. The summed E-state index contributed by atoms with van der Waals surface area (Å²) < 4.78 is 0. The normalized spacial score (nSPS) is 17.1. The van der Waals surface area contributed by atoms with Crippen LogP contribution < -0.4 is 5.32 Å². The Morgan fingerprint density at radius 2 is 1.85 bits per heavy atom. The summed E-state index contributed by atoms with van der Waals surface area (Å²) in [6.45, 7) is 1.16. The maximum atomic E-state index is 12.5. The van der Waals surface area contributed by atoms with Crippen LogP contribution in [-0.4, -0.2) is 36.1 Å². The van der Waals surface area contributed by atoms with Crippen molar-refractivity contribution in [3.8, 4) is 0 Å². The number of rotatable bonds is 5. The molecule has 1 heterocycles. The van der Waals surface area contributed by atoms with Crippen molar-refractivity contribution >= 4 is 35.3 Å².